The van der Waals surface area contributed by atoms with Crippen molar-refractivity contribution in [2.75, 3.05) is 55.3 Å². The summed E-state index contributed by atoms with van der Waals surface area (Å²) >= 11 is 0. The lowest BCUT2D eigenvalue weighted by molar-refractivity contribution is 0.387. The molecular weight excluding hydrogens is 302 g/mol. The lowest BCUT2D eigenvalue weighted by Gasteiger charge is -2.34. The second kappa shape index (κ2) is 6.37. The third-order valence-electron chi connectivity index (χ3n) is 4.30. The van der Waals surface area contributed by atoms with Crippen LogP contribution in [0.4, 0.5) is 11.8 Å². The standard InChI is InChI=1S/C14H23N5O2S/c1-22(20,21)19-11-9-17(10-12-19)13-5-6-15-14(16-13)18-7-3-2-4-8-18/h5-6H,2-4,7-12H2,1H3. The average molecular weight is 325 g/mol. The highest BCUT2D eigenvalue weighted by atomic mass is 32.2. The van der Waals surface area contributed by atoms with Crippen LogP contribution in [-0.4, -0.2) is 68.2 Å². The van der Waals surface area contributed by atoms with Gasteiger partial charge in [0.05, 0.1) is 6.26 Å². The molecule has 0 amide bonds. The molecule has 2 aliphatic heterocycles. The van der Waals surface area contributed by atoms with E-state index in [4.69, 9.17) is 0 Å². The Balaban J connectivity index is 1.68. The normalized spacial score (nSPS) is 21.1. The fourth-order valence-electron chi connectivity index (χ4n) is 3.01. The first-order valence-electron chi connectivity index (χ1n) is 7.82. The highest BCUT2D eigenvalue weighted by Crippen LogP contribution is 2.20. The van der Waals surface area contributed by atoms with Crippen LogP contribution in [0.1, 0.15) is 19.3 Å². The van der Waals surface area contributed by atoms with Crippen LogP contribution in [0.3, 0.4) is 0 Å². The van der Waals surface area contributed by atoms with Gasteiger partial charge in [0.1, 0.15) is 5.82 Å². The minimum Gasteiger partial charge on any atom is -0.354 e. The van der Waals surface area contributed by atoms with E-state index in [1.807, 2.05) is 6.07 Å². The van der Waals surface area contributed by atoms with E-state index in [0.717, 1.165) is 24.9 Å². The molecule has 3 rings (SSSR count). The van der Waals surface area contributed by atoms with E-state index in [0.29, 0.717) is 26.2 Å². The zero-order valence-electron chi connectivity index (χ0n) is 13.0. The van der Waals surface area contributed by atoms with Crippen molar-refractivity contribution in [3.63, 3.8) is 0 Å². The van der Waals surface area contributed by atoms with E-state index >= 15 is 0 Å². The molecule has 0 unspecified atom stereocenters. The molecule has 0 aliphatic carbocycles. The Hall–Kier alpha value is -1.41. The summed E-state index contributed by atoms with van der Waals surface area (Å²) < 4.78 is 24.7. The highest BCUT2D eigenvalue weighted by molar-refractivity contribution is 7.88. The molecule has 0 bridgehead atoms. The van der Waals surface area contributed by atoms with Gasteiger partial charge in [-0.2, -0.15) is 9.29 Å². The zero-order chi connectivity index (χ0) is 15.6. The zero-order valence-corrected chi connectivity index (χ0v) is 13.8. The number of anilines is 2. The Morgan fingerprint density at radius 3 is 2.27 bits per heavy atom. The summed E-state index contributed by atoms with van der Waals surface area (Å²) in [6.45, 7) is 4.41. The smallest absolute Gasteiger partial charge is 0.227 e. The van der Waals surface area contributed by atoms with Crippen molar-refractivity contribution in [3.8, 4) is 0 Å². The molecule has 3 heterocycles. The Morgan fingerprint density at radius 1 is 0.955 bits per heavy atom. The van der Waals surface area contributed by atoms with Gasteiger partial charge in [-0.05, 0) is 25.3 Å². The molecule has 22 heavy (non-hydrogen) atoms. The first-order valence-corrected chi connectivity index (χ1v) is 9.67. The summed E-state index contributed by atoms with van der Waals surface area (Å²) in [5.74, 6) is 1.69. The van der Waals surface area contributed by atoms with Gasteiger partial charge in [0.2, 0.25) is 16.0 Å². The van der Waals surface area contributed by atoms with Crippen molar-refractivity contribution in [3.05, 3.63) is 12.3 Å². The molecule has 1 aromatic rings. The van der Waals surface area contributed by atoms with Gasteiger partial charge in [-0.1, -0.05) is 0 Å². The van der Waals surface area contributed by atoms with Crippen molar-refractivity contribution in [2.45, 2.75) is 19.3 Å². The topological polar surface area (TPSA) is 69.6 Å². The van der Waals surface area contributed by atoms with E-state index < -0.39 is 10.0 Å². The Labute approximate surface area is 132 Å². The number of piperidine rings is 1. The minimum absolute atomic E-state index is 0.516. The van der Waals surface area contributed by atoms with Crippen molar-refractivity contribution in [2.24, 2.45) is 0 Å². The molecule has 8 heteroatoms. The van der Waals surface area contributed by atoms with E-state index in [1.54, 1.807) is 6.20 Å². The Kier molecular flexibility index (Phi) is 4.49. The summed E-state index contributed by atoms with van der Waals surface area (Å²) in [6, 6.07) is 1.91. The number of nitrogens with zero attached hydrogens (tertiary/aromatic N) is 5. The SMILES string of the molecule is CS(=O)(=O)N1CCN(c2ccnc(N3CCCCC3)n2)CC1. The van der Waals surface area contributed by atoms with Crippen molar-refractivity contribution in [1.82, 2.24) is 14.3 Å². The maximum Gasteiger partial charge on any atom is 0.227 e. The lowest BCUT2D eigenvalue weighted by Crippen LogP contribution is -2.48. The van der Waals surface area contributed by atoms with Crippen LogP contribution < -0.4 is 9.80 Å². The molecule has 2 aliphatic rings. The summed E-state index contributed by atoms with van der Waals surface area (Å²) in [5.41, 5.74) is 0. The summed E-state index contributed by atoms with van der Waals surface area (Å²) in [7, 11) is -3.09. The average Bonchev–Trinajstić information content (AvgIpc) is 2.55. The lowest BCUT2D eigenvalue weighted by atomic mass is 10.1. The number of piperazine rings is 1. The molecule has 2 fully saturated rings. The predicted octanol–water partition coefficient (Wildman–Crippen LogP) is 0.548. The second-order valence-electron chi connectivity index (χ2n) is 5.91. The van der Waals surface area contributed by atoms with Crippen LogP contribution in [0.15, 0.2) is 12.3 Å². The van der Waals surface area contributed by atoms with Crippen LogP contribution in [0, 0.1) is 0 Å². The van der Waals surface area contributed by atoms with Crippen molar-refractivity contribution < 1.29 is 8.42 Å². The third kappa shape index (κ3) is 3.49. The number of hydrogen-bond acceptors (Lipinski definition) is 6. The molecule has 0 radical (unpaired) electrons. The van der Waals surface area contributed by atoms with Crippen LogP contribution in [0.25, 0.3) is 0 Å². The van der Waals surface area contributed by atoms with Gasteiger partial charge < -0.3 is 9.80 Å². The quantitative estimate of drug-likeness (QED) is 0.808. The molecule has 7 nitrogen and oxygen atoms in total. The molecule has 0 N–H and O–H groups in total. The second-order valence-corrected chi connectivity index (χ2v) is 7.89. The van der Waals surface area contributed by atoms with Crippen LogP contribution in [0.2, 0.25) is 0 Å². The number of hydrogen-bond donors (Lipinski definition) is 0. The Morgan fingerprint density at radius 2 is 1.64 bits per heavy atom. The van der Waals surface area contributed by atoms with Crippen LogP contribution in [0.5, 0.6) is 0 Å². The van der Waals surface area contributed by atoms with Gasteiger partial charge >= 0.3 is 0 Å². The van der Waals surface area contributed by atoms with Crippen molar-refractivity contribution >= 4 is 21.8 Å². The minimum atomic E-state index is -3.09. The number of rotatable bonds is 3. The van der Waals surface area contributed by atoms with E-state index in [2.05, 4.69) is 19.8 Å². The van der Waals surface area contributed by atoms with E-state index in [1.165, 1.54) is 29.8 Å². The van der Waals surface area contributed by atoms with Gasteiger partial charge in [0, 0.05) is 45.5 Å². The highest BCUT2D eigenvalue weighted by Gasteiger charge is 2.24. The molecule has 122 valence electrons. The molecule has 0 atom stereocenters. The predicted molar refractivity (Wildman–Crippen MR) is 86.7 cm³/mol. The first kappa shape index (κ1) is 15.5. The monoisotopic (exact) mass is 325 g/mol. The number of sulfonamides is 1. The Bertz CT molecular complexity index is 607. The maximum absolute atomic E-state index is 11.6. The molecule has 0 saturated carbocycles. The fraction of sp³-hybridized carbons (Fsp3) is 0.714. The third-order valence-corrected chi connectivity index (χ3v) is 5.60. The summed E-state index contributed by atoms with van der Waals surface area (Å²) in [5, 5.41) is 0. The van der Waals surface area contributed by atoms with Crippen LogP contribution >= 0.6 is 0 Å². The molecule has 0 aromatic carbocycles. The largest absolute Gasteiger partial charge is 0.354 e. The van der Waals surface area contributed by atoms with Crippen molar-refractivity contribution in [1.29, 1.82) is 0 Å². The number of aromatic nitrogens is 2. The van der Waals surface area contributed by atoms with Gasteiger partial charge in [0.25, 0.3) is 0 Å². The summed E-state index contributed by atoms with van der Waals surface area (Å²) in [6.07, 6.45) is 6.74. The maximum atomic E-state index is 11.6. The molecular formula is C14H23N5O2S. The van der Waals surface area contributed by atoms with E-state index in [9.17, 15) is 8.42 Å². The first-order chi connectivity index (χ1) is 10.5. The fourth-order valence-corrected chi connectivity index (χ4v) is 3.84. The molecule has 1 aromatic heterocycles. The molecule has 2 saturated heterocycles. The molecule has 0 spiro atoms. The van der Waals surface area contributed by atoms with Gasteiger partial charge in [-0.15, -0.1) is 0 Å². The van der Waals surface area contributed by atoms with E-state index in [-0.39, 0.29) is 0 Å². The van der Waals surface area contributed by atoms with Gasteiger partial charge in [-0.3, -0.25) is 0 Å². The summed E-state index contributed by atoms with van der Waals surface area (Å²) in [4.78, 5) is 13.4. The van der Waals surface area contributed by atoms with Crippen LogP contribution in [-0.2, 0) is 10.0 Å². The van der Waals surface area contributed by atoms with Gasteiger partial charge in [-0.25, -0.2) is 13.4 Å². The van der Waals surface area contributed by atoms with Gasteiger partial charge in [0.15, 0.2) is 0 Å².